The van der Waals surface area contributed by atoms with Crippen molar-refractivity contribution in [3.63, 3.8) is 0 Å². The van der Waals surface area contributed by atoms with Crippen molar-refractivity contribution in [2.45, 2.75) is 19.7 Å². The van der Waals surface area contributed by atoms with Gasteiger partial charge in [0.2, 0.25) is 0 Å². The van der Waals surface area contributed by atoms with E-state index in [-0.39, 0.29) is 5.75 Å². The Balaban J connectivity index is 2.29. The normalized spacial score (nSPS) is 11.3. The number of ether oxygens (including phenoxy) is 2. The molecule has 6 heteroatoms. The molecule has 2 aromatic carbocycles. The topological polar surface area (TPSA) is 44.5 Å². The minimum atomic E-state index is -4.70. The molecule has 0 saturated heterocycles. The van der Waals surface area contributed by atoms with Gasteiger partial charge in [0.25, 0.3) is 0 Å². The zero-order chi connectivity index (χ0) is 16.2. The third kappa shape index (κ3) is 4.31. The van der Waals surface area contributed by atoms with E-state index in [1.165, 1.54) is 24.3 Å². The second-order valence-electron chi connectivity index (χ2n) is 4.68. The predicted octanol–water partition coefficient (Wildman–Crippen LogP) is 4.62. The van der Waals surface area contributed by atoms with Crippen molar-refractivity contribution in [3.05, 3.63) is 42.5 Å². The quantitative estimate of drug-likeness (QED) is 0.819. The van der Waals surface area contributed by atoms with Gasteiger partial charge in [-0.25, -0.2) is 0 Å². The summed E-state index contributed by atoms with van der Waals surface area (Å²) in [6.07, 6.45) is -3.85. The first-order valence-electron chi connectivity index (χ1n) is 6.77. The Hall–Kier alpha value is -2.37. The van der Waals surface area contributed by atoms with Crippen LogP contribution in [0, 0.1) is 0 Å². The zero-order valence-corrected chi connectivity index (χ0v) is 12.0. The summed E-state index contributed by atoms with van der Waals surface area (Å²) in [6.45, 7) is 2.53. The molecule has 2 N–H and O–H groups in total. The van der Waals surface area contributed by atoms with Crippen LogP contribution in [0.15, 0.2) is 42.5 Å². The monoisotopic (exact) mass is 311 g/mol. The highest BCUT2D eigenvalue weighted by Crippen LogP contribution is 2.33. The molecule has 0 aliphatic carbocycles. The molecule has 0 aromatic heterocycles. The van der Waals surface area contributed by atoms with Gasteiger partial charge < -0.3 is 15.2 Å². The number of hydrogen-bond acceptors (Lipinski definition) is 3. The number of hydrogen-bond donors (Lipinski definition) is 1. The Bertz CT molecular complexity index is 624. The number of rotatable bonds is 5. The summed E-state index contributed by atoms with van der Waals surface area (Å²) in [5, 5.41) is 0. The third-order valence-electron chi connectivity index (χ3n) is 2.86. The smallest absolute Gasteiger partial charge is 0.493 e. The first-order chi connectivity index (χ1) is 10.4. The molecule has 0 heterocycles. The number of halogens is 3. The van der Waals surface area contributed by atoms with Crippen LogP contribution in [-0.4, -0.2) is 13.0 Å². The SMILES string of the molecule is CCCOc1ccc(N)cc1-c1ccc(OC(F)(F)F)cc1. The molecule has 118 valence electrons. The van der Waals surface area contributed by atoms with Crippen LogP contribution in [-0.2, 0) is 0 Å². The zero-order valence-electron chi connectivity index (χ0n) is 12.0. The van der Waals surface area contributed by atoms with Gasteiger partial charge in [-0.1, -0.05) is 19.1 Å². The van der Waals surface area contributed by atoms with E-state index in [0.717, 1.165) is 12.0 Å². The van der Waals surface area contributed by atoms with E-state index in [9.17, 15) is 13.2 Å². The number of alkyl halides is 3. The fourth-order valence-corrected chi connectivity index (χ4v) is 1.95. The van der Waals surface area contributed by atoms with E-state index in [1.54, 1.807) is 18.2 Å². The summed E-state index contributed by atoms with van der Waals surface area (Å²) in [7, 11) is 0. The van der Waals surface area contributed by atoms with E-state index in [0.29, 0.717) is 23.6 Å². The number of benzene rings is 2. The van der Waals surface area contributed by atoms with E-state index in [1.807, 2.05) is 6.92 Å². The molecule has 0 aliphatic rings. The minimum Gasteiger partial charge on any atom is -0.493 e. The molecule has 22 heavy (non-hydrogen) atoms. The lowest BCUT2D eigenvalue weighted by Crippen LogP contribution is -2.16. The number of nitrogens with two attached hydrogens (primary N) is 1. The molecule has 0 amide bonds. The van der Waals surface area contributed by atoms with Crippen LogP contribution >= 0.6 is 0 Å². The van der Waals surface area contributed by atoms with Gasteiger partial charge in [0.05, 0.1) is 6.61 Å². The van der Waals surface area contributed by atoms with E-state index in [4.69, 9.17) is 10.5 Å². The van der Waals surface area contributed by atoms with Crippen LogP contribution in [0.25, 0.3) is 11.1 Å². The van der Waals surface area contributed by atoms with Crippen LogP contribution in [0.5, 0.6) is 11.5 Å². The molecule has 0 bridgehead atoms. The molecule has 0 spiro atoms. The third-order valence-corrected chi connectivity index (χ3v) is 2.86. The molecule has 0 saturated carbocycles. The molecular formula is C16H16F3NO2. The fourth-order valence-electron chi connectivity index (χ4n) is 1.95. The Morgan fingerprint density at radius 3 is 2.32 bits per heavy atom. The fraction of sp³-hybridized carbons (Fsp3) is 0.250. The van der Waals surface area contributed by atoms with Crippen LogP contribution in [0.3, 0.4) is 0 Å². The maximum Gasteiger partial charge on any atom is 0.573 e. The van der Waals surface area contributed by atoms with Crippen LogP contribution in [0.4, 0.5) is 18.9 Å². The summed E-state index contributed by atoms with van der Waals surface area (Å²) in [4.78, 5) is 0. The van der Waals surface area contributed by atoms with Gasteiger partial charge in [0, 0.05) is 11.3 Å². The molecule has 3 nitrogen and oxygen atoms in total. The summed E-state index contributed by atoms with van der Waals surface area (Å²) in [6, 6.07) is 10.8. The molecule has 0 radical (unpaired) electrons. The molecule has 2 rings (SSSR count). The van der Waals surface area contributed by atoms with Gasteiger partial charge >= 0.3 is 6.36 Å². The van der Waals surface area contributed by atoms with Gasteiger partial charge in [-0.2, -0.15) is 0 Å². The highest BCUT2D eigenvalue weighted by atomic mass is 19.4. The minimum absolute atomic E-state index is 0.267. The van der Waals surface area contributed by atoms with Gasteiger partial charge in [-0.15, -0.1) is 13.2 Å². The molecule has 0 aliphatic heterocycles. The maximum atomic E-state index is 12.2. The summed E-state index contributed by atoms with van der Waals surface area (Å²) in [5.74, 6) is 0.372. The van der Waals surface area contributed by atoms with Crippen molar-refractivity contribution in [2.75, 3.05) is 12.3 Å². The van der Waals surface area contributed by atoms with E-state index >= 15 is 0 Å². The Morgan fingerprint density at radius 1 is 1.05 bits per heavy atom. The van der Waals surface area contributed by atoms with Crippen molar-refractivity contribution < 1.29 is 22.6 Å². The Morgan fingerprint density at radius 2 is 1.73 bits per heavy atom. The lowest BCUT2D eigenvalue weighted by molar-refractivity contribution is -0.274. The lowest BCUT2D eigenvalue weighted by atomic mass is 10.0. The van der Waals surface area contributed by atoms with Gasteiger partial charge in [-0.05, 0) is 42.3 Å². The highest BCUT2D eigenvalue weighted by molar-refractivity contribution is 5.74. The summed E-state index contributed by atoms with van der Waals surface area (Å²) < 4.78 is 46.0. The first-order valence-corrected chi connectivity index (χ1v) is 6.77. The van der Waals surface area contributed by atoms with Crippen LogP contribution in [0.2, 0.25) is 0 Å². The van der Waals surface area contributed by atoms with E-state index in [2.05, 4.69) is 4.74 Å². The van der Waals surface area contributed by atoms with Crippen molar-refractivity contribution in [3.8, 4) is 22.6 Å². The molecule has 0 unspecified atom stereocenters. The molecule has 2 aromatic rings. The van der Waals surface area contributed by atoms with Gasteiger partial charge in [-0.3, -0.25) is 0 Å². The van der Waals surface area contributed by atoms with Crippen molar-refractivity contribution in [1.82, 2.24) is 0 Å². The Kier molecular flexibility index (Phi) is 4.80. The van der Waals surface area contributed by atoms with Gasteiger partial charge in [0.15, 0.2) is 0 Å². The van der Waals surface area contributed by atoms with Gasteiger partial charge in [0.1, 0.15) is 11.5 Å². The summed E-state index contributed by atoms with van der Waals surface area (Å²) >= 11 is 0. The average Bonchev–Trinajstić information content (AvgIpc) is 2.45. The van der Waals surface area contributed by atoms with Crippen molar-refractivity contribution >= 4 is 5.69 Å². The largest absolute Gasteiger partial charge is 0.573 e. The Labute approximate surface area is 126 Å². The molecule has 0 fully saturated rings. The van der Waals surface area contributed by atoms with Crippen LogP contribution in [0.1, 0.15) is 13.3 Å². The average molecular weight is 311 g/mol. The van der Waals surface area contributed by atoms with Crippen molar-refractivity contribution in [2.24, 2.45) is 0 Å². The summed E-state index contributed by atoms with van der Waals surface area (Å²) in [5.41, 5.74) is 7.76. The number of nitrogen functional groups attached to an aromatic ring is 1. The second-order valence-corrected chi connectivity index (χ2v) is 4.68. The lowest BCUT2D eigenvalue weighted by Gasteiger charge is -2.13. The second kappa shape index (κ2) is 6.60. The van der Waals surface area contributed by atoms with E-state index < -0.39 is 6.36 Å². The standard InChI is InChI=1S/C16H16F3NO2/c1-2-9-21-15-8-5-12(20)10-14(15)11-3-6-13(7-4-11)22-16(17,18)19/h3-8,10H,2,9,20H2,1H3. The molecular weight excluding hydrogens is 295 g/mol. The van der Waals surface area contributed by atoms with Crippen molar-refractivity contribution in [1.29, 1.82) is 0 Å². The highest BCUT2D eigenvalue weighted by Gasteiger charge is 2.30. The molecule has 0 atom stereocenters. The number of anilines is 1. The maximum absolute atomic E-state index is 12.2. The first kappa shape index (κ1) is 16.0. The van der Waals surface area contributed by atoms with Crippen LogP contribution < -0.4 is 15.2 Å². The predicted molar refractivity (Wildman–Crippen MR) is 78.8 cm³/mol.